The number of thiazole rings is 1. The predicted molar refractivity (Wildman–Crippen MR) is 71.0 cm³/mol. The molecule has 0 aliphatic heterocycles. The molecule has 0 spiro atoms. The molecule has 96 valence electrons. The van der Waals surface area contributed by atoms with E-state index in [1.165, 1.54) is 11.3 Å². The minimum absolute atomic E-state index is 0.0229. The van der Waals surface area contributed by atoms with Crippen LogP contribution in [0, 0.1) is 0 Å². The number of nitrogen functional groups attached to an aromatic ring is 1. The lowest BCUT2D eigenvalue weighted by Gasteiger charge is -2.32. The maximum absolute atomic E-state index is 11.7. The van der Waals surface area contributed by atoms with Crippen molar-refractivity contribution in [3.8, 4) is 0 Å². The molecule has 0 unspecified atom stereocenters. The topological polar surface area (TPSA) is 71.2 Å². The summed E-state index contributed by atoms with van der Waals surface area (Å²) in [4.78, 5) is 17.8. The van der Waals surface area contributed by atoms with Crippen molar-refractivity contribution in [2.45, 2.75) is 25.8 Å². The molecule has 0 bridgehead atoms. The Morgan fingerprint density at radius 2 is 2.24 bits per heavy atom. The second-order valence-electron chi connectivity index (χ2n) is 4.84. The van der Waals surface area contributed by atoms with Gasteiger partial charge in [0.1, 0.15) is 0 Å². The third-order valence-electron chi connectivity index (χ3n) is 2.84. The van der Waals surface area contributed by atoms with E-state index in [-0.39, 0.29) is 17.9 Å². The number of carbonyl (C=O) groups is 1. The zero-order valence-corrected chi connectivity index (χ0v) is 11.6. The Bertz CT molecular complexity index is 387. The second kappa shape index (κ2) is 5.46. The number of likely N-dealkylation sites (N-methyl/N-ethyl adjacent to an activating group) is 1. The lowest BCUT2D eigenvalue weighted by Crippen LogP contribution is -2.48. The van der Waals surface area contributed by atoms with Crippen LogP contribution in [0.15, 0.2) is 5.38 Å². The van der Waals surface area contributed by atoms with E-state index in [9.17, 15) is 4.79 Å². The highest BCUT2D eigenvalue weighted by Gasteiger charge is 2.21. The number of rotatable bonds is 5. The van der Waals surface area contributed by atoms with Gasteiger partial charge in [-0.2, -0.15) is 0 Å². The highest BCUT2D eigenvalue weighted by molar-refractivity contribution is 7.13. The van der Waals surface area contributed by atoms with Crippen molar-refractivity contribution in [1.29, 1.82) is 0 Å². The number of hydrogen-bond donors (Lipinski definition) is 2. The quantitative estimate of drug-likeness (QED) is 0.814. The van der Waals surface area contributed by atoms with E-state index in [0.717, 1.165) is 5.69 Å². The van der Waals surface area contributed by atoms with Crippen LogP contribution in [0.2, 0.25) is 0 Å². The van der Waals surface area contributed by atoms with Gasteiger partial charge in [0.05, 0.1) is 12.1 Å². The van der Waals surface area contributed by atoms with Crippen molar-refractivity contribution in [2.24, 2.45) is 0 Å². The number of amides is 1. The van der Waals surface area contributed by atoms with Gasteiger partial charge in [-0.1, -0.05) is 0 Å². The van der Waals surface area contributed by atoms with Crippen molar-refractivity contribution in [1.82, 2.24) is 15.2 Å². The minimum Gasteiger partial charge on any atom is -0.375 e. The Balaban J connectivity index is 2.41. The molecule has 17 heavy (non-hydrogen) atoms. The molecule has 1 amide bonds. The van der Waals surface area contributed by atoms with Crippen LogP contribution < -0.4 is 11.1 Å². The van der Waals surface area contributed by atoms with Gasteiger partial charge in [-0.05, 0) is 27.9 Å². The molecule has 0 saturated carbocycles. The van der Waals surface area contributed by atoms with E-state index in [2.05, 4.69) is 29.0 Å². The molecule has 1 aromatic heterocycles. The van der Waals surface area contributed by atoms with E-state index in [0.29, 0.717) is 11.7 Å². The summed E-state index contributed by atoms with van der Waals surface area (Å²) < 4.78 is 0. The number of carbonyl (C=O) groups excluding carboxylic acids is 1. The van der Waals surface area contributed by atoms with Gasteiger partial charge in [0.2, 0.25) is 5.91 Å². The fraction of sp³-hybridized carbons (Fsp3) is 0.636. The summed E-state index contributed by atoms with van der Waals surface area (Å²) in [7, 11) is 3.99. The molecule has 0 aliphatic carbocycles. The van der Waals surface area contributed by atoms with Crippen LogP contribution in [-0.4, -0.2) is 42.0 Å². The first-order valence-corrected chi connectivity index (χ1v) is 6.33. The maximum atomic E-state index is 11.7. The molecule has 1 rings (SSSR count). The first-order valence-electron chi connectivity index (χ1n) is 5.45. The van der Waals surface area contributed by atoms with Crippen LogP contribution in [0.5, 0.6) is 0 Å². The van der Waals surface area contributed by atoms with Crippen molar-refractivity contribution >= 4 is 22.4 Å². The highest BCUT2D eigenvalue weighted by atomic mass is 32.1. The summed E-state index contributed by atoms with van der Waals surface area (Å²) in [6.07, 6.45) is 0.289. The molecule has 1 aromatic rings. The molecule has 0 fully saturated rings. The minimum atomic E-state index is -0.0588. The fourth-order valence-corrected chi connectivity index (χ4v) is 1.67. The van der Waals surface area contributed by atoms with Crippen LogP contribution in [0.4, 0.5) is 5.13 Å². The SMILES string of the molecule is CN(C)C(C)(C)CNC(=O)Cc1csc(N)n1. The number of nitrogens with one attached hydrogen (secondary N) is 1. The van der Waals surface area contributed by atoms with E-state index in [1.54, 1.807) is 0 Å². The predicted octanol–water partition coefficient (Wildman–Crippen LogP) is 0.724. The highest BCUT2D eigenvalue weighted by Crippen LogP contribution is 2.12. The van der Waals surface area contributed by atoms with Crippen molar-refractivity contribution < 1.29 is 4.79 Å². The van der Waals surface area contributed by atoms with Gasteiger partial charge < -0.3 is 16.0 Å². The average molecular weight is 256 g/mol. The van der Waals surface area contributed by atoms with E-state index >= 15 is 0 Å². The summed E-state index contributed by atoms with van der Waals surface area (Å²) in [5, 5.41) is 5.22. The third-order valence-corrected chi connectivity index (χ3v) is 3.56. The fourth-order valence-electron chi connectivity index (χ4n) is 1.10. The van der Waals surface area contributed by atoms with Gasteiger partial charge in [0.25, 0.3) is 0 Å². The van der Waals surface area contributed by atoms with Crippen LogP contribution >= 0.6 is 11.3 Å². The Labute approximate surface area is 106 Å². The van der Waals surface area contributed by atoms with Gasteiger partial charge in [-0.15, -0.1) is 11.3 Å². The Hall–Kier alpha value is -1.14. The lowest BCUT2D eigenvalue weighted by atomic mass is 10.0. The normalized spacial score (nSPS) is 11.8. The zero-order valence-electron chi connectivity index (χ0n) is 10.8. The number of nitrogens with zero attached hydrogens (tertiary/aromatic N) is 2. The van der Waals surface area contributed by atoms with Crippen molar-refractivity contribution in [3.63, 3.8) is 0 Å². The van der Waals surface area contributed by atoms with Gasteiger partial charge >= 0.3 is 0 Å². The standard InChI is InChI=1S/C11H20N4OS/c1-11(2,15(3)4)7-13-9(16)5-8-6-17-10(12)14-8/h6H,5,7H2,1-4H3,(H2,12,14)(H,13,16). The molecule has 0 saturated heterocycles. The number of hydrogen-bond acceptors (Lipinski definition) is 5. The molecule has 6 heteroatoms. The summed E-state index contributed by atoms with van der Waals surface area (Å²) in [5.74, 6) is -0.0229. The molecule has 0 radical (unpaired) electrons. The van der Waals surface area contributed by atoms with Crippen LogP contribution in [-0.2, 0) is 11.2 Å². The van der Waals surface area contributed by atoms with Crippen LogP contribution in [0.1, 0.15) is 19.5 Å². The molecule has 3 N–H and O–H groups in total. The summed E-state index contributed by atoms with van der Waals surface area (Å²) in [6, 6.07) is 0. The molecule has 1 heterocycles. The van der Waals surface area contributed by atoms with Gasteiger partial charge in [0.15, 0.2) is 5.13 Å². The van der Waals surface area contributed by atoms with E-state index < -0.39 is 0 Å². The Kier molecular flexibility index (Phi) is 4.47. The van der Waals surface area contributed by atoms with E-state index in [4.69, 9.17) is 5.73 Å². The lowest BCUT2D eigenvalue weighted by molar-refractivity contribution is -0.121. The van der Waals surface area contributed by atoms with Gasteiger partial charge in [-0.25, -0.2) is 4.98 Å². The summed E-state index contributed by atoms with van der Waals surface area (Å²) in [5.41, 5.74) is 6.18. The number of aromatic nitrogens is 1. The molecule has 0 aliphatic rings. The zero-order chi connectivity index (χ0) is 13.1. The second-order valence-corrected chi connectivity index (χ2v) is 5.73. The van der Waals surface area contributed by atoms with Crippen molar-refractivity contribution in [2.75, 3.05) is 26.4 Å². The van der Waals surface area contributed by atoms with Crippen LogP contribution in [0.3, 0.4) is 0 Å². The monoisotopic (exact) mass is 256 g/mol. The largest absolute Gasteiger partial charge is 0.375 e. The van der Waals surface area contributed by atoms with Gasteiger partial charge in [0, 0.05) is 17.5 Å². The molecule has 0 atom stereocenters. The summed E-state index contributed by atoms with van der Waals surface area (Å²) in [6.45, 7) is 4.76. The van der Waals surface area contributed by atoms with E-state index in [1.807, 2.05) is 19.5 Å². The number of anilines is 1. The first-order chi connectivity index (χ1) is 7.81. The average Bonchev–Trinajstić information content (AvgIpc) is 2.61. The first kappa shape index (κ1) is 13.9. The summed E-state index contributed by atoms with van der Waals surface area (Å²) >= 11 is 1.35. The maximum Gasteiger partial charge on any atom is 0.226 e. The molecular formula is C11H20N4OS. The Morgan fingerprint density at radius 1 is 1.59 bits per heavy atom. The third kappa shape index (κ3) is 4.32. The number of nitrogens with two attached hydrogens (primary N) is 1. The molecule has 0 aromatic carbocycles. The molecule has 5 nitrogen and oxygen atoms in total. The van der Waals surface area contributed by atoms with Gasteiger partial charge in [-0.3, -0.25) is 4.79 Å². The van der Waals surface area contributed by atoms with Crippen LogP contribution in [0.25, 0.3) is 0 Å². The Morgan fingerprint density at radius 3 is 2.71 bits per heavy atom. The smallest absolute Gasteiger partial charge is 0.226 e. The van der Waals surface area contributed by atoms with Crippen molar-refractivity contribution in [3.05, 3.63) is 11.1 Å². The molecular weight excluding hydrogens is 236 g/mol.